The van der Waals surface area contributed by atoms with Gasteiger partial charge in [-0.3, -0.25) is 0 Å². The maximum Gasteiger partial charge on any atom is 0.123 e. The third kappa shape index (κ3) is 2.93. The molecule has 1 aliphatic rings. The van der Waals surface area contributed by atoms with Crippen molar-refractivity contribution >= 4 is 0 Å². The van der Waals surface area contributed by atoms with Crippen molar-refractivity contribution in [3.63, 3.8) is 0 Å². The van der Waals surface area contributed by atoms with Crippen LogP contribution in [-0.4, -0.2) is 25.9 Å². The molecule has 2 unspecified atom stereocenters. The van der Waals surface area contributed by atoms with Crippen molar-refractivity contribution in [2.45, 2.75) is 45.3 Å². The summed E-state index contributed by atoms with van der Waals surface area (Å²) in [6.07, 6.45) is 2.22. The van der Waals surface area contributed by atoms with Gasteiger partial charge < -0.3 is 14.8 Å². The topological polar surface area (TPSA) is 30.5 Å². The summed E-state index contributed by atoms with van der Waals surface area (Å²) in [5.74, 6) is 0.938. The van der Waals surface area contributed by atoms with Crippen molar-refractivity contribution in [3.05, 3.63) is 29.3 Å². The summed E-state index contributed by atoms with van der Waals surface area (Å²) in [7, 11) is 1.73. The number of likely N-dealkylation sites (N-methyl/N-ethyl adjacent to an activating group) is 1. The minimum absolute atomic E-state index is 0.142. The van der Waals surface area contributed by atoms with E-state index < -0.39 is 0 Å². The Morgan fingerprint density at radius 3 is 2.84 bits per heavy atom. The summed E-state index contributed by atoms with van der Waals surface area (Å²) in [5.41, 5.74) is 2.31. The van der Waals surface area contributed by atoms with E-state index in [9.17, 15) is 0 Å². The molecule has 0 aliphatic carbocycles. The van der Waals surface area contributed by atoms with Gasteiger partial charge in [-0.05, 0) is 39.3 Å². The molecule has 1 heterocycles. The molecule has 3 nitrogen and oxygen atoms in total. The molecular weight excluding hydrogens is 238 g/mol. The van der Waals surface area contributed by atoms with Crippen LogP contribution in [0.2, 0.25) is 0 Å². The van der Waals surface area contributed by atoms with Gasteiger partial charge in [0.25, 0.3) is 0 Å². The zero-order chi connectivity index (χ0) is 13.9. The first-order valence-corrected chi connectivity index (χ1v) is 7.12. The Hall–Kier alpha value is -1.06. The van der Waals surface area contributed by atoms with E-state index in [4.69, 9.17) is 9.47 Å². The van der Waals surface area contributed by atoms with Crippen molar-refractivity contribution in [3.8, 4) is 5.75 Å². The van der Waals surface area contributed by atoms with E-state index in [1.165, 1.54) is 11.1 Å². The standard InChI is InChI=1S/C16H25NO2/c1-5-17-15(16(3)9-6-10-19-16)13-11-12(2)7-8-14(13)18-4/h7-8,11,15,17H,5-6,9-10H2,1-4H3. The number of benzene rings is 1. The first-order valence-electron chi connectivity index (χ1n) is 7.12. The highest BCUT2D eigenvalue weighted by atomic mass is 16.5. The fourth-order valence-corrected chi connectivity index (χ4v) is 2.97. The Labute approximate surface area is 116 Å². The summed E-state index contributed by atoms with van der Waals surface area (Å²) in [4.78, 5) is 0. The third-order valence-electron chi connectivity index (χ3n) is 3.96. The number of aryl methyl sites for hydroxylation is 1. The highest BCUT2D eigenvalue weighted by Crippen LogP contribution is 2.40. The SMILES string of the molecule is CCNC(c1cc(C)ccc1OC)C1(C)CCCO1. The fourth-order valence-electron chi connectivity index (χ4n) is 2.97. The highest BCUT2D eigenvalue weighted by Gasteiger charge is 2.40. The monoisotopic (exact) mass is 263 g/mol. The van der Waals surface area contributed by atoms with Crippen LogP contribution in [0.5, 0.6) is 5.75 Å². The Bertz CT molecular complexity index is 425. The van der Waals surface area contributed by atoms with Gasteiger partial charge >= 0.3 is 0 Å². The number of rotatable bonds is 5. The molecule has 2 atom stereocenters. The van der Waals surface area contributed by atoms with Gasteiger partial charge in [0.1, 0.15) is 5.75 Å². The van der Waals surface area contributed by atoms with E-state index in [0.29, 0.717) is 0 Å². The molecule has 2 rings (SSSR count). The summed E-state index contributed by atoms with van der Waals surface area (Å²) in [6.45, 7) is 8.22. The summed E-state index contributed by atoms with van der Waals surface area (Å²) >= 11 is 0. The van der Waals surface area contributed by atoms with Crippen molar-refractivity contribution in [2.24, 2.45) is 0 Å². The minimum atomic E-state index is -0.142. The average Bonchev–Trinajstić information content (AvgIpc) is 2.83. The van der Waals surface area contributed by atoms with Crippen molar-refractivity contribution in [1.29, 1.82) is 0 Å². The second-order valence-electron chi connectivity index (χ2n) is 5.50. The van der Waals surface area contributed by atoms with Gasteiger partial charge in [-0.2, -0.15) is 0 Å². The van der Waals surface area contributed by atoms with E-state index in [1.54, 1.807) is 7.11 Å². The zero-order valence-electron chi connectivity index (χ0n) is 12.5. The predicted molar refractivity (Wildman–Crippen MR) is 77.7 cm³/mol. The second kappa shape index (κ2) is 5.93. The molecule has 1 N–H and O–H groups in total. The van der Waals surface area contributed by atoms with Gasteiger partial charge in [0.05, 0.1) is 18.8 Å². The molecule has 0 aromatic heterocycles. The van der Waals surface area contributed by atoms with Crippen molar-refractivity contribution < 1.29 is 9.47 Å². The van der Waals surface area contributed by atoms with Crippen LogP contribution in [0.3, 0.4) is 0 Å². The van der Waals surface area contributed by atoms with Crippen LogP contribution >= 0.6 is 0 Å². The number of hydrogen-bond acceptors (Lipinski definition) is 3. The lowest BCUT2D eigenvalue weighted by molar-refractivity contribution is -0.0126. The molecule has 1 aromatic rings. The number of hydrogen-bond donors (Lipinski definition) is 1. The normalized spacial score (nSPS) is 24.4. The minimum Gasteiger partial charge on any atom is -0.496 e. The predicted octanol–water partition coefficient (Wildman–Crippen LogP) is 3.22. The van der Waals surface area contributed by atoms with E-state index in [2.05, 4.69) is 38.2 Å². The molecule has 1 saturated heterocycles. The van der Waals surface area contributed by atoms with Crippen LogP contribution in [0.25, 0.3) is 0 Å². The first-order chi connectivity index (χ1) is 9.10. The Morgan fingerprint density at radius 2 is 2.26 bits per heavy atom. The molecule has 1 aromatic carbocycles. The Balaban J connectivity index is 2.40. The van der Waals surface area contributed by atoms with Crippen LogP contribution in [0.15, 0.2) is 18.2 Å². The average molecular weight is 263 g/mol. The summed E-state index contributed by atoms with van der Waals surface area (Å²) in [5, 5.41) is 3.58. The molecule has 0 saturated carbocycles. The van der Waals surface area contributed by atoms with Crippen LogP contribution in [0.4, 0.5) is 0 Å². The van der Waals surface area contributed by atoms with Gasteiger partial charge in [0.15, 0.2) is 0 Å². The lowest BCUT2D eigenvalue weighted by Crippen LogP contribution is -2.41. The van der Waals surface area contributed by atoms with Crippen LogP contribution in [0.1, 0.15) is 43.9 Å². The quantitative estimate of drug-likeness (QED) is 0.884. The summed E-state index contributed by atoms with van der Waals surface area (Å²) < 4.78 is 11.6. The zero-order valence-corrected chi connectivity index (χ0v) is 12.5. The van der Waals surface area contributed by atoms with E-state index in [1.807, 2.05) is 6.07 Å². The molecule has 19 heavy (non-hydrogen) atoms. The van der Waals surface area contributed by atoms with E-state index in [0.717, 1.165) is 31.7 Å². The molecule has 106 valence electrons. The maximum atomic E-state index is 6.03. The molecule has 1 fully saturated rings. The molecule has 3 heteroatoms. The molecule has 0 spiro atoms. The van der Waals surface area contributed by atoms with Crippen LogP contribution in [0, 0.1) is 6.92 Å². The Morgan fingerprint density at radius 1 is 1.47 bits per heavy atom. The molecular formula is C16H25NO2. The fraction of sp³-hybridized carbons (Fsp3) is 0.625. The van der Waals surface area contributed by atoms with Crippen molar-refractivity contribution in [1.82, 2.24) is 5.32 Å². The second-order valence-corrected chi connectivity index (χ2v) is 5.50. The van der Waals surface area contributed by atoms with Crippen molar-refractivity contribution in [2.75, 3.05) is 20.3 Å². The van der Waals surface area contributed by atoms with Gasteiger partial charge in [0.2, 0.25) is 0 Å². The molecule has 1 aliphatic heterocycles. The molecule has 0 bridgehead atoms. The lowest BCUT2D eigenvalue weighted by Gasteiger charge is -2.35. The molecule has 0 radical (unpaired) electrons. The third-order valence-corrected chi connectivity index (χ3v) is 3.96. The number of methoxy groups -OCH3 is 1. The lowest BCUT2D eigenvalue weighted by atomic mass is 9.86. The molecule has 0 amide bonds. The largest absolute Gasteiger partial charge is 0.496 e. The van der Waals surface area contributed by atoms with Gasteiger partial charge in [-0.15, -0.1) is 0 Å². The maximum absolute atomic E-state index is 6.03. The number of nitrogens with one attached hydrogen (secondary N) is 1. The van der Waals surface area contributed by atoms with E-state index in [-0.39, 0.29) is 11.6 Å². The Kier molecular flexibility index (Phi) is 4.48. The first kappa shape index (κ1) is 14.4. The van der Waals surface area contributed by atoms with E-state index >= 15 is 0 Å². The van der Waals surface area contributed by atoms with Crippen LogP contribution in [-0.2, 0) is 4.74 Å². The smallest absolute Gasteiger partial charge is 0.123 e. The summed E-state index contributed by atoms with van der Waals surface area (Å²) in [6, 6.07) is 6.52. The van der Waals surface area contributed by atoms with Gasteiger partial charge in [-0.1, -0.05) is 24.6 Å². The van der Waals surface area contributed by atoms with Gasteiger partial charge in [0, 0.05) is 12.2 Å². The van der Waals surface area contributed by atoms with Crippen LogP contribution < -0.4 is 10.1 Å². The van der Waals surface area contributed by atoms with Gasteiger partial charge in [-0.25, -0.2) is 0 Å². The highest BCUT2D eigenvalue weighted by molar-refractivity contribution is 5.40. The number of ether oxygens (including phenoxy) is 2.